The van der Waals surface area contributed by atoms with E-state index in [1.807, 2.05) is 75.4 Å². The SMILES string of the molecule is CC[C@@H](C)NC(=O)[C@H](Cc1ccccc1)N(Cc1ccc(C)cc1)C(=O)Cc1ccc(Cl)cc1Cl. The third-order valence-electron chi connectivity index (χ3n) is 6.10. The molecule has 0 aliphatic carbocycles. The predicted molar refractivity (Wildman–Crippen MR) is 144 cm³/mol. The van der Waals surface area contributed by atoms with Gasteiger partial charge in [0.25, 0.3) is 0 Å². The summed E-state index contributed by atoms with van der Waals surface area (Å²) in [4.78, 5) is 29.0. The van der Waals surface area contributed by atoms with Crippen LogP contribution in [0.5, 0.6) is 0 Å². The number of aryl methyl sites for hydroxylation is 1. The van der Waals surface area contributed by atoms with Crippen LogP contribution in [-0.2, 0) is 29.0 Å². The van der Waals surface area contributed by atoms with Crippen LogP contribution in [0.3, 0.4) is 0 Å². The minimum absolute atomic E-state index is 0.00260. The minimum atomic E-state index is -0.675. The van der Waals surface area contributed by atoms with Crippen molar-refractivity contribution in [3.63, 3.8) is 0 Å². The third kappa shape index (κ3) is 7.84. The molecule has 0 spiro atoms. The number of carbonyl (C=O) groups excluding carboxylic acids is 2. The standard InChI is InChI=1S/C29H32Cl2N2O2/c1-4-21(3)32-29(35)27(16-22-8-6-5-7-9-22)33(19-23-12-10-20(2)11-13-23)28(34)17-24-14-15-25(30)18-26(24)31/h5-15,18,21,27H,4,16-17,19H2,1-3H3,(H,32,35)/t21-,27+/m1/s1. The first kappa shape index (κ1) is 26.8. The molecule has 0 bridgehead atoms. The smallest absolute Gasteiger partial charge is 0.243 e. The maximum atomic E-state index is 13.8. The first-order chi connectivity index (χ1) is 16.8. The van der Waals surface area contributed by atoms with Gasteiger partial charge in [0.2, 0.25) is 11.8 Å². The van der Waals surface area contributed by atoms with Gasteiger partial charge in [-0.25, -0.2) is 0 Å². The summed E-state index contributed by atoms with van der Waals surface area (Å²) in [5.74, 6) is -0.333. The minimum Gasteiger partial charge on any atom is -0.352 e. The van der Waals surface area contributed by atoms with Crippen molar-refractivity contribution in [2.75, 3.05) is 0 Å². The van der Waals surface area contributed by atoms with E-state index < -0.39 is 6.04 Å². The van der Waals surface area contributed by atoms with E-state index in [1.54, 1.807) is 23.1 Å². The Bertz CT molecular complexity index is 1130. The molecule has 1 N–H and O–H groups in total. The van der Waals surface area contributed by atoms with E-state index in [9.17, 15) is 9.59 Å². The van der Waals surface area contributed by atoms with Gasteiger partial charge in [-0.15, -0.1) is 0 Å². The molecule has 35 heavy (non-hydrogen) atoms. The zero-order valence-electron chi connectivity index (χ0n) is 20.4. The van der Waals surface area contributed by atoms with Crippen molar-refractivity contribution in [1.82, 2.24) is 10.2 Å². The highest BCUT2D eigenvalue weighted by Gasteiger charge is 2.31. The van der Waals surface area contributed by atoms with Gasteiger partial charge in [-0.1, -0.05) is 96.4 Å². The van der Waals surface area contributed by atoms with Crippen molar-refractivity contribution in [3.8, 4) is 0 Å². The summed E-state index contributed by atoms with van der Waals surface area (Å²) in [6.45, 7) is 6.33. The van der Waals surface area contributed by atoms with Crippen LogP contribution in [0.1, 0.15) is 42.5 Å². The van der Waals surface area contributed by atoms with E-state index in [1.165, 1.54) is 0 Å². The molecule has 3 rings (SSSR count). The number of nitrogens with one attached hydrogen (secondary N) is 1. The number of halogens is 2. The fourth-order valence-electron chi connectivity index (χ4n) is 3.81. The van der Waals surface area contributed by atoms with Gasteiger partial charge in [0.05, 0.1) is 6.42 Å². The van der Waals surface area contributed by atoms with Crippen LogP contribution in [0.4, 0.5) is 0 Å². The first-order valence-corrected chi connectivity index (χ1v) is 12.7. The molecular weight excluding hydrogens is 479 g/mol. The molecule has 0 heterocycles. The number of hydrogen-bond donors (Lipinski definition) is 1. The number of nitrogens with zero attached hydrogens (tertiary/aromatic N) is 1. The summed E-state index contributed by atoms with van der Waals surface area (Å²) in [6, 6.07) is 22.2. The molecule has 0 radical (unpaired) electrons. The van der Waals surface area contributed by atoms with Crippen molar-refractivity contribution in [1.29, 1.82) is 0 Å². The maximum absolute atomic E-state index is 13.8. The first-order valence-electron chi connectivity index (χ1n) is 11.9. The summed E-state index contributed by atoms with van der Waals surface area (Å²) in [5, 5.41) is 4.03. The molecule has 2 amide bonds. The molecule has 3 aromatic rings. The van der Waals surface area contributed by atoms with E-state index in [4.69, 9.17) is 23.2 Å². The monoisotopic (exact) mass is 510 g/mol. The molecule has 0 saturated carbocycles. The lowest BCUT2D eigenvalue weighted by Crippen LogP contribution is -2.52. The largest absolute Gasteiger partial charge is 0.352 e. The van der Waals surface area contributed by atoms with Crippen molar-refractivity contribution in [3.05, 3.63) is 105 Å². The van der Waals surface area contributed by atoms with Gasteiger partial charge in [0.15, 0.2) is 0 Å². The van der Waals surface area contributed by atoms with E-state index in [0.29, 0.717) is 28.6 Å². The molecule has 0 aliphatic heterocycles. The molecule has 0 unspecified atom stereocenters. The number of hydrogen-bond acceptors (Lipinski definition) is 2. The Kier molecular flexibility index (Phi) is 9.76. The number of benzene rings is 3. The summed E-state index contributed by atoms with van der Waals surface area (Å²) < 4.78 is 0. The Morgan fingerprint density at radius 2 is 1.63 bits per heavy atom. The van der Waals surface area contributed by atoms with Gasteiger partial charge < -0.3 is 10.2 Å². The van der Waals surface area contributed by atoms with Crippen LogP contribution in [0.15, 0.2) is 72.8 Å². The molecule has 0 aliphatic rings. The van der Waals surface area contributed by atoms with Crippen LogP contribution >= 0.6 is 23.2 Å². The quantitative estimate of drug-likeness (QED) is 0.343. The van der Waals surface area contributed by atoms with Crippen molar-refractivity contribution in [2.24, 2.45) is 0 Å². The normalized spacial score (nSPS) is 12.6. The van der Waals surface area contributed by atoms with Crippen molar-refractivity contribution in [2.45, 2.75) is 58.7 Å². The number of rotatable bonds is 10. The Morgan fingerprint density at radius 1 is 0.943 bits per heavy atom. The van der Waals surface area contributed by atoms with E-state index >= 15 is 0 Å². The van der Waals surface area contributed by atoms with Crippen LogP contribution in [0, 0.1) is 6.92 Å². The second-order valence-electron chi connectivity index (χ2n) is 8.94. The van der Waals surface area contributed by atoms with E-state index in [-0.39, 0.29) is 24.3 Å². The van der Waals surface area contributed by atoms with Crippen LogP contribution in [0.2, 0.25) is 10.0 Å². The maximum Gasteiger partial charge on any atom is 0.243 e. The Morgan fingerprint density at radius 3 is 2.26 bits per heavy atom. The van der Waals surface area contributed by atoms with Gasteiger partial charge in [-0.05, 0) is 49.1 Å². The van der Waals surface area contributed by atoms with Gasteiger partial charge in [-0.3, -0.25) is 9.59 Å². The fourth-order valence-corrected chi connectivity index (χ4v) is 4.29. The van der Waals surface area contributed by atoms with E-state index in [2.05, 4.69) is 5.32 Å². The molecule has 0 fully saturated rings. The Labute approximate surface area is 218 Å². The predicted octanol–water partition coefficient (Wildman–Crippen LogP) is 6.40. The van der Waals surface area contributed by atoms with Gasteiger partial charge in [0, 0.05) is 29.1 Å². The topological polar surface area (TPSA) is 49.4 Å². The molecule has 3 aromatic carbocycles. The average Bonchev–Trinajstić information content (AvgIpc) is 2.84. The van der Waals surface area contributed by atoms with Gasteiger partial charge >= 0.3 is 0 Å². The van der Waals surface area contributed by atoms with Crippen molar-refractivity contribution < 1.29 is 9.59 Å². The average molecular weight is 511 g/mol. The Balaban J connectivity index is 1.98. The van der Waals surface area contributed by atoms with Crippen LogP contribution in [-0.4, -0.2) is 28.8 Å². The molecule has 0 aromatic heterocycles. The molecule has 2 atom stereocenters. The van der Waals surface area contributed by atoms with Gasteiger partial charge in [-0.2, -0.15) is 0 Å². The second-order valence-corrected chi connectivity index (χ2v) is 9.79. The summed E-state index contributed by atoms with van der Waals surface area (Å²) >= 11 is 12.4. The number of amides is 2. The zero-order valence-corrected chi connectivity index (χ0v) is 21.9. The molecule has 4 nitrogen and oxygen atoms in total. The van der Waals surface area contributed by atoms with Crippen LogP contribution < -0.4 is 5.32 Å². The summed E-state index contributed by atoms with van der Waals surface area (Å²) in [6.07, 6.45) is 1.29. The fraction of sp³-hybridized carbons (Fsp3) is 0.310. The molecule has 184 valence electrons. The number of carbonyl (C=O) groups is 2. The third-order valence-corrected chi connectivity index (χ3v) is 6.69. The van der Waals surface area contributed by atoms with Crippen LogP contribution in [0.25, 0.3) is 0 Å². The lowest BCUT2D eigenvalue weighted by molar-refractivity contribution is -0.141. The summed E-state index contributed by atoms with van der Waals surface area (Å²) in [5.41, 5.74) is 3.76. The van der Waals surface area contributed by atoms with Crippen molar-refractivity contribution >= 4 is 35.0 Å². The lowest BCUT2D eigenvalue weighted by Gasteiger charge is -2.32. The molecular formula is C29H32Cl2N2O2. The lowest BCUT2D eigenvalue weighted by atomic mass is 10.0. The second kappa shape index (κ2) is 12.8. The van der Waals surface area contributed by atoms with E-state index in [0.717, 1.165) is 23.1 Å². The molecule has 6 heteroatoms. The highest BCUT2D eigenvalue weighted by molar-refractivity contribution is 6.35. The molecule has 0 saturated heterocycles. The summed E-state index contributed by atoms with van der Waals surface area (Å²) in [7, 11) is 0. The Hall–Kier alpha value is -2.82. The zero-order chi connectivity index (χ0) is 25.4. The highest BCUT2D eigenvalue weighted by Crippen LogP contribution is 2.23. The highest BCUT2D eigenvalue weighted by atomic mass is 35.5. The van der Waals surface area contributed by atoms with Gasteiger partial charge in [0.1, 0.15) is 6.04 Å².